The third-order valence-corrected chi connectivity index (χ3v) is 11.1. The van der Waals surface area contributed by atoms with Crippen LogP contribution in [0, 0.1) is 0 Å². The van der Waals surface area contributed by atoms with Gasteiger partial charge in [-0.2, -0.15) is 0 Å². The Morgan fingerprint density at radius 2 is 0.483 bits per heavy atom. The van der Waals surface area contributed by atoms with Gasteiger partial charge >= 0.3 is 0 Å². The average Bonchev–Trinajstić information content (AvgIpc) is 3.31. The maximum absolute atomic E-state index is 2.37. The highest BCUT2D eigenvalue weighted by atomic mass is 15.1. The zero-order chi connectivity index (χ0) is 38.7. The van der Waals surface area contributed by atoms with Crippen molar-refractivity contribution in [1.82, 2.24) is 0 Å². The number of nitrogens with zero attached hydrogens (tertiary/aromatic N) is 2. The van der Waals surface area contributed by atoms with Crippen LogP contribution in [0.2, 0.25) is 0 Å². The molecule has 0 radical (unpaired) electrons. The molecule has 58 heavy (non-hydrogen) atoms. The molecule has 0 unspecified atom stereocenters. The van der Waals surface area contributed by atoms with Crippen LogP contribution >= 0.6 is 0 Å². The smallest absolute Gasteiger partial charge is 0.0540 e. The van der Waals surface area contributed by atoms with Crippen LogP contribution in [0.25, 0.3) is 54.9 Å². The van der Waals surface area contributed by atoms with Gasteiger partial charge in [0.1, 0.15) is 0 Å². The number of benzene rings is 10. The fourth-order valence-corrected chi connectivity index (χ4v) is 8.31. The summed E-state index contributed by atoms with van der Waals surface area (Å²) in [5.41, 5.74) is 13.9. The highest BCUT2D eigenvalue weighted by Gasteiger charge is 2.19. The first kappa shape index (κ1) is 34.8. The highest BCUT2D eigenvalue weighted by Crippen LogP contribution is 2.44. The number of hydrogen-bond acceptors (Lipinski definition) is 2. The van der Waals surface area contributed by atoms with E-state index in [1.165, 1.54) is 43.8 Å². The van der Waals surface area contributed by atoms with Crippen LogP contribution in [0.15, 0.2) is 243 Å². The van der Waals surface area contributed by atoms with Gasteiger partial charge in [-0.1, -0.05) is 182 Å². The summed E-state index contributed by atoms with van der Waals surface area (Å²) in [6.45, 7) is 0. The average molecular weight is 741 g/mol. The van der Waals surface area contributed by atoms with E-state index in [9.17, 15) is 0 Å². The van der Waals surface area contributed by atoms with Crippen molar-refractivity contribution in [1.29, 1.82) is 0 Å². The fraction of sp³-hybridized carbons (Fsp3) is 0. The van der Waals surface area contributed by atoms with Gasteiger partial charge < -0.3 is 9.80 Å². The standard InChI is InChI=1S/C56H40N2/c1-5-17-43(18-6-1)49-37-39-55(53-27-15-13-25-51(49)53)57(45-21-9-3-10-22-45)47-33-29-41(30-34-47)42-31-35-48(36-32-42)58(46-23-11-4-12-24-46)56-40-38-50(44-19-7-2-8-20-44)52-26-14-16-28-54(52)56/h1-40H. The van der Waals surface area contributed by atoms with Gasteiger partial charge in [-0.3, -0.25) is 0 Å². The second kappa shape index (κ2) is 15.5. The molecule has 0 amide bonds. The van der Waals surface area contributed by atoms with E-state index in [1.807, 2.05) is 0 Å². The van der Waals surface area contributed by atoms with Crippen molar-refractivity contribution in [2.45, 2.75) is 0 Å². The minimum absolute atomic E-state index is 1.10. The minimum atomic E-state index is 1.10. The van der Waals surface area contributed by atoms with Crippen molar-refractivity contribution >= 4 is 55.7 Å². The van der Waals surface area contributed by atoms with Gasteiger partial charge in [-0.25, -0.2) is 0 Å². The predicted octanol–water partition coefficient (Wildman–Crippen LogP) is 15.9. The van der Waals surface area contributed by atoms with Gasteiger partial charge in [0.05, 0.1) is 11.4 Å². The molecule has 0 spiro atoms. The van der Waals surface area contributed by atoms with Crippen molar-refractivity contribution in [2.75, 3.05) is 9.80 Å². The Balaban J connectivity index is 1.02. The molecule has 0 heterocycles. The quantitative estimate of drug-likeness (QED) is 0.145. The molecule has 0 atom stereocenters. The lowest BCUT2D eigenvalue weighted by atomic mass is 9.96. The van der Waals surface area contributed by atoms with Crippen molar-refractivity contribution in [2.24, 2.45) is 0 Å². The molecule has 10 aromatic rings. The van der Waals surface area contributed by atoms with E-state index < -0.39 is 0 Å². The summed E-state index contributed by atoms with van der Waals surface area (Å²) >= 11 is 0. The zero-order valence-corrected chi connectivity index (χ0v) is 32.0. The van der Waals surface area contributed by atoms with Gasteiger partial charge in [-0.05, 0) is 105 Å². The fourth-order valence-electron chi connectivity index (χ4n) is 8.31. The van der Waals surface area contributed by atoms with Crippen molar-refractivity contribution in [3.05, 3.63) is 243 Å². The molecule has 0 bridgehead atoms. The number of hydrogen-bond donors (Lipinski definition) is 0. The molecule has 0 aliphatic rings. The third-order valence-electron chi connectivity index (χ3n) is 11.1. The molecule has 0 fully saturated rings. The first-order valence-electron chi connectivity index (χ1n) is 19.9. The normalized spacial score (nSPS) is 11.1. The van der Waals surface area contributed by atoms with Crippen LogP contribution in [0.5, 0.6) is 0 Å². The van der Waals surface area contributed by atoms with Crippen LogP contribution in [0.1, 0.15) is 0 Å². The molecular formula is C56H40N2. The van der Waals surface area contributed by atoms with Crippen LogP contribution < -0.4 is 9.80 Å². The Hall–Kier alpha value is -7.68. The van der Waals surface area contributed by atoms with E-state index in [-0.39, 0.29) is 0 Å². The SMILES string of the molecule is c1ccc(-c2ccc(N(c3ccccc3)c3ccc(-c4ccc(N(c5ccccc5)c5ccc(-c6ccccc6)c6ccccc56)cc4)cc3)c3ccccc23)cc1. The summed E-state index contributed by atoms with van der Waals surface area (Å²) in [4.78, 5) is 4.74. The summed E-state index contributed by atoms with van der Waals surface area (Å²) in [5, 5.41) is 4.87. The number of anilines is 6. The Morgan fingerprint density at radius 3 is 0.845 bits per heavy atom. The topological polar surface area (TPSA) is 6.48 Å². The monoisotopic (exact) mass is 740 g/mol. The molecule has 2 heteroatoms. The molecule has 10 aromatic carbocycles. The maximum Gasteiger partial charge on any atom is 0.0540 e. The molecule has 0 aromatic heterocycles. The van der Waals surface area contributed by atoms with Gasteiger partial charge in [0.15, 0.2) is 0 Å². The summed E-state index contributed by atoms with van der Waals surface area (Å²) in [6, 6.07) is 87.1. The molecule has 274 valence electrons. The second-order valence-corrected chi connectivity index (χ2v) is 14.5. The Labute approximate surface area is 340 Å². The summed E-state index contributed by atoms with van der Waals surface area (Å²) < 4.78 is 0. The lowest BCUT2D eigenvalue weighted by Gasteiger charge is -2.28. The molecular weight excluding hydrogens is 701 g/mol. The van der Waals surface area contributed by atoms with Gasteiger partial charge in [-0.15, -0.1) is 0 Å². The number of rotatable bonds is 9. The van der Waals surface area contributed by atoms with Crippen molar-refractivity contribution < 1.29 is 0 Å². The lowest BCUT2D eigenvalue weighted by molar-refractivity contribution is 1.29. The van der Waals surface area contributed by atoms with Crippen LogP contribution in [0.4, 0.5) is 34.1 Å². The number of para-hydroxylation sites is 2. The van der Waals surface area contributed by atoms with Crippen LogP contribution in [-0.2, 0) is 0 Å². The van der Waals surface area contributed by atoms with Crippen LogP contribution in [-0.4, -0.2) is 0 Å². The largest absolute Gasteiger partial charge is 0.310 e. The Kier molecular flexibility index (Phi) is 9.27. The summed E-state index contributed by atoms with van der Waals surface area (Å²) in [6.07, 6.45) is 0. The molecule has 0 saturated carbocycles. The Bertz CT molecular complexity index is 2750. The minimum Gasteiger partial charge on any atom is -0.310 e. The van der Waals surface area contributed by atoms with E-state index in [0.29, 0.717) is 0 Å². The predicted molar refractivity (Wildman–Crippen MR) is 247 cm³/mol. The van der Waals surface area contributed by atoms with Gasteiger partial charge in [0.25, 0.3) is 0 Å². The second-order valence-electron chi connectivity index (χ2n) is 14.5. The lowest BCUT2D eigenvalue weighted by Crippen LogP contribution is -2.10. The zero-order valence-electron chi connectivity index (χ0n) is 32.0. The van der Waals surface area contributed by atoms with E-state index in [1.54, 1.807) is 0 Å². The molecule has 2 nitrogen and oxygen atoms in total. The van der Waals surface area contributed by atoms with E-state index >= 15 is 0 Å². The first-order chi connectivity index (χ1) is 28.8. The molecule has 0 N–H and O–H groups in total. The van der Waals surface area contributed by atoms with E-state index in [2.05, 4.69) is 252 Å². The first-order valence-corrected chi connectivity index (χ1v) is 19.9. The van der Waals surface area contributed by atoms with Crippen molar-refractivity contribution in [3.63, 3.8) is 0 Å². The van der Waals surface area contributed by atoms with Gasteiger partial charge in [0.2, 0.25) is 0 Å². The summed E-state index contributed by atoms with van der Waals surface area (Å²) in [7, 11) is 0. The molecule has 10 rings (SSSR count). The third kappa shape index (κ3) is 6.57. The van der Waals surface area contributed by atoms with E-state index in [4.69, 9.17) is 0 Å². The van der Waals surface area contributed by atoms with Crippen LogP contribution in [0.3, 0.4) is 0 Å². The van der Waals surface area contributed by atoms with Gasteiger partial charge in [0, 0.05) is 33.5 Å². The molecule has 0 aliphatic heterocycles. The summed E-state index contributed by atoms with van der Waals surface area (Å²) in [5.74, 6) is 0. The Morgan fingerprint density at radius 1 is 0.190 bits per heavy atom. The number of fused-ring (bicyclic) bond motifs is 2. The van der Waals surface area contributed by atoms with Crippen molar-refractivity contribution in [3.8, 4) is 33.4 Å². The molecule has 0 aliphatic carbocycles. The highest BCUT2D eigenvalue weighted by molar-refractivity contribution is 6.07. The maximum atomic E-state index is 2.37. The van der Waals surface area contributed by atoms with E-state index in [0.717, 1.165) is 45.3 Å². The molecule has 0 saturated heterocycles.